The molecule has 1 aliphatic heterocycles. The van der Waals surface area contributed by atoms with Gasteiger partial charge in [0.25, 0.3) is 0 Å². The fourth-order valence-electron chi connectivity index (χ4n) is 3.35. The van der Waals surface area contributed by atoms with Gasteiger partial charge < -0.3 is 14.5 Å². The van der Waals surface area contributed by atoms with Gasteiger partial charge in [-0.3, -0.25) is 9.58 Å². The zero-order valence-electron chi connectivity index (χ0n) is 15.8. The van der Waals surface area contributed by atoms with Crippen LogP contribution in [0.25, 0.3) is 0 Å². The van der Waals surface area contributed by atoms with E-state index >= 15 is 0 Å². The number of imidazole rings is 1. The summed E-state index contributed by atoms with van der Waals surface area (Å²) in [6.45, 7) is 3.76. The number of nitrogens with zero attached hydrogens (tertiary/aromatic N) is 4. The van der Waals surface area contributed by atoms with Crippen LogP contribution in [0.15, 0.2) is 42.7 Å². The minimum Gasteiger partial charge on any atom is -0.493 e. The van der Waals surface area contributed by atoms with Gasteiger partial charge in [-0.05, 0) is 30.3 Å². The Balaban J connectivity index is 1.33. The summed E-state index contributed by atoms with van der Waals surface area (Å²) >= 11 is 5.90. The molecule has 148 valence electrons. The number of aromatic nitrogens is 4. The number of morpholine rings is 1. The van der Waals surface area contributed by atoms with Crippen molar-refractivity contribution in [3.63, 3.8) is 0 Å². The molecular formula is C20H24ClN5O2. The molecule has 1 N–H and O–H groups in total. The Hall–Kier alpha value is -2.35. The topological polar surface area (TPSA) is 68.2 Å². The predicted octanol–water partition coefficient (Wildman–Crippen LogP) is 2.99. The van der Waals surface area contributed by atoms with E-state index in [2.05, 4.69) is 26.0 Å². The molecular weight excluding hydrogens is 378 g/mol. The van der Waals surface area contributed by atoms with E-state index in [1.807, 2.05) is 42.2 Å². The molecule has 1 aromatic carbocycles. The zero-order chi connectivity index (χ0) is 19.3. The number of rotatable bonds is 7. The average Bonchev–Trinajstić information content (AvgIpc) is 3.34. The maximum Gasteiger partial charge on any atom is 0.120 e. The molecule has 1 fully saturated rings. The van der Waals surface area contributed by atoms with Crippen LogP contribution in [0.2, 0.25) is 5.02 Å². The van der Waals surface area contributed by atoms with E-state index < -0.39 is 0 Å². The van der Waals surface area contributed by atoms with Gasteiger partial charge in [0, 0.05) is 49.7 Å². The molecule has 0 unspecified atom stereocenters. The number of nitrogens with one attached hydrogen (secondary N) is 1. The molecule has 0 radical (unpaired) electrons. The molecule has 4 rings (SSSR count). The molecule has 0 aliphatic carbocycles. The van der Waals surface area contributed by atoms with Crippen molar-refractivity contribution >= 4 is 11.6 Å². The van der Waals surface area contributed by atoms with Crippen LogP contribution in [0, 0.1) is 0 Å². The van der Waals surface area contributed by atoms with Crippen molar-refractivity contribution in [3.8, 4) is 5.75 Å². The highest BCUT2D eigenvalue weighted by Gasteiger charge is 2.25. The molecule has 3 heterocycles. The van der Waals surface area contributed by atoms with Gasteiger partial charge in [0.05, 0.1) is 25.5 Å². The summed E-state index contributed by atoms with van der Waals surface area (Å²) in [5.41, 5.74) is 2.09. The van der Waals surface area contributed by atoms with Crippen molar-refractivity contribution in [1.29, 1.82) is 0 Å². The SMILES string of the molecule is Cn1nc([C@H]2CN(Cc3ncc[nH]3)CCO2)cc1CCOc1ccc(Cl)cc1. The summed E-state index contributed by atoms with van der Waals surface area (Å²) in [5, 5.41) is 5.38. The third kappa shape index (κ3) is 4.73. The van der Waals surface area contributed by atoms with Crippen LogP contribution >= 0.6 is 11.6 Å². The monoisotopic (exact) mass is 401 g/mol. The van der Waals surface area contributed by atoms with Crippen molar-refractivity contribution in [2.75, 3.05) is 26.3 Å². The molecule has 7 nitrogen and oxygen atoms in total. The maximum atomic E-state index is 5.97. The number of H-pyrrole nitrogens is 1. The summed E-state index contributed by atoms with van der Waals surface area (Å²) in [7, 11) is 1.96. The number of aryl methyl sites for hydroxylation is 1. The van der Waals surface area contributed by atoms with Gasteiger partial charge in [-0.1, -0.05) is 11.6 Å². The third-order valence-corrected chi connectivity index (χ3v) is 5.10. The van der Waals surface area contributed by atoms with Crippen molar-refractivity contribution in [2.45, 2.75) is 19.1 Å². The van der Waals surface area contributed by atoms with Crippen LogP contribution in [-0.2, 0) is 24.8 Å². The van der Waals surface area contributed by atoms with Crippen molar-refractivity contribution in [1.82, 2.24) is 24.6 Å². The van der Waals surface area contributed by atoms with Gasteiger partial charge in [-0.15, -0.1) is 0 Å². The number of benzene rings is 1. The first kappa shape index (κ1) is 19.0. The molecule has 0 saturated carbocycles. The largest absolute Gasteiger partial charge is 0.493 e. The third-order valence-electron chi connectivity index (χ3n) is 4.84. The standard InChI is InChI=1S/C20H24ClN5O2/c1-25-16(6-10-27-17-4-2-15(21)3-5-17)12-18(24-25)19-13-26(9-11-28-19)14-20-22-7-8-23-20/h2-5,7-8,12,19H,6,9-11,13-14H2,1H3,(H,22,23)/t19-/m1/s1. The average molecular weight is 402 g/mol. The van der Waals surface area contributed by atoms with Gasteiger partial charge in [-0.2, -0.15) is 5.10 Å². The lowest BCUT2D eigenvalue weighted by atomic mass is 10.2. The number of hydrogen-bond donors (Lipinski definition) is 1. The van der Waals surface area contributed by atoms with Gasteiger partial charge in [0.1, 0.15) is 17.7 Å². The van der Waals surface area contributed by atoms with E-state index in [0.717, 1.165) is 49.0 Å². The Morgan fingerprint density at radius 1 is 1.32 bits per heavy atom. The number of aromatic amines is 1. The van der Waals surface area contributed by atoms with E-state index in [1.54, 1.807) is 6.20 Å². The van der Waals surface area contributed by atoms with E-state index in [0.29, 0.717) is 18.2 Å². The van der Waals surface area contributed by atoms with Crippen LogP contribution in [0.1, 0.15) is 23.3 Å². The Labute approximate surface area is 169 Å². The highest BCUT2D eigenvalue weighted by Crippen LogP contribution is 2.23. The number of ether oxygens (including phenoxy) is 2. The van der Waals surface area contributed by atoms with E-state index in [9.17, 15) is 0 Å². The Morgan fingerprint density at radius 2 is 2.18 bits per heavy atom. The number of halogens is 1. The predicted molar refractivity (Wildman–Crippen MR) is 106 cm³/mol. The van der Waals surface area contributed by atoms with Crippen LogP contribution in [0.5, 0.6) is 5.75 Å². The van der Waals surface area contributed by atoms with Gasteiger partial charge in [0.15, 0.2) is 0 Å². The fraction of sp³-hybridized carbons (Fsp3) is 0.400. The lowest BCUT2D eigenvalue weighted by Gasteiger charge is -2.31. The second-order valence-corrected chi connectivity index (χ2v) is 7.30. The smallest absolute Gasteiger partial charge is 0.120 e. The molecule has 2 aromatic heterocycles. The van der Waals surface area contributed by atoms with Crippen molar-refractivity contribution < 1.29 is 9.47 Å². The van der Waals surface area contributed by atoms with Crippen LogP contribution in [-0.4, -0.2) is 51.0 Å². The lowest BCUT2D eigenvalue weighted by molar-refractivity contribution is -0.0358. The Kier molecular flexibility index (Phi) is 5.95. The van der Waals surface area contributed by atoms with Gasteiger partial charge >= 0.3 is 0 Å². The highest BCUT2D eigenvalue weighted by atomic mass is 35.5. The summed E-state index contributed by atoms with van der Waals surface area (Å²) in [5.74, 6) is 1.79. The van der Waals surface area contributed by atoms with Gasteiger partial charge in [0.2, 0.25) is 0 Å². The van der Waals surface area contributed by atoms with E-state index in [-0.39, 0.29) is 6.10 Å². The van der Waals surface area contributed by atoms with E-state index in [4.69, 9.17) is 21.1 Å². The Bertz CT molecular complexity index is 879. The highest BCUT2D eigenvalue weighted by molar-refractivity contribution is 6.30. The second kappa shape index (κ2) is 8.77. The van der Waals surface area contributed by atoms with Gasteiger partial charge in [-0.25, -0.2) is 4.98 Å². The first-order valence-electron chi connectivity index (χ1n) is 9.41. The molecule has 0 spiro atoms. The molecule has 8 heteroatoms. The first-order valence-corrected chi connectivity index (χ1v) is 9.78. The summed E-state index contributed by atoms with van der Waals surface area (Å²) in [4.78, 5) is 9.81. The maximum absolute atomic E-state index is 5.97. The molecule has 28 heavy (non-hydrogen) atoms. The van der Waals surface area contributed by atoms with Crippen molar-refractivity contribution in [2.24, 2.45) is 7.05 Å². The molecule has 3 aromatic rings. The molecule has 1 atom stereocenters. The van der Waals surface area contributed by atoms with Crippen LogP contribution in [0.4, 0.5) is 0 Å². The summed E-state index contributed by atoms with van der Waals surface area (Å²) in [6, 6.07) is 9.52. The molecule has 0 bridgehead atoms. The summed E-state index contributed by atoms with van der Waals surface area (Å²) < 4.78 is 13.7. The zero-order valence-corrected chi connectivity index (χ0v) is 16.6. The van der Waals surface area contributed by atoms with Crippen LogP contribution < -0.4 is 4.74 Å². The summed E-state index contributed by atoms with van der Waals surface area (Å²) in [6.07, 6.45) is 4.38. The quantitative estimate of drug-likeness (QED) is 0.659. The lowest BCUT2D eigenvalue weighted by Crippen LogP contribution is -2.38. The molecule has 1 saturated heterocycles. The second-order valence-electron chi connectivity index (χ2n) is 6.87. The normalized spacial score (nSPS) is 17.7. The Morgan fingerprint density at radius 3 is 2.96 bits per heavy atom. The fourth-order valence-corrected chi connectivity index (χ4v) is 3.47. The first-order chi connectivity index (χ1) is 13.7. The minimum absolute atomic E-state index is 0.0270. The minimum atomic E-state index is -0.0270. The van der Waals surface area contributed by atoms with Crippen molar-refractivity contribution in [3.05, 3.63) is 65.0 Å². The van der Waals surface area contributed by atoms with Crippen LogP contribution in [0.3, 0.4) is 0 Å². The van der Waals surface area contributed by atoms with E-state index in [1.165, 1.54) is 0 Å². The number of hydrogen-bond acceptors (Lipinski definition) is 5. The molecule has 1 aliphatic rings. The molecule has 0 amide bonds.